The average molecular weight is 626 g/mol. The topological polar surface area (TPSA) is 70.1 Å². The lowest BCUT2D eigenvalue weighted by Crippen LogP contribution is -2.56. The van der Waals surface area contributed by atoms with Gasteiger partial charge in [0.2, 0.25) is 0 Å². The number of rotatable bonds is 9. The molecule has 1 aliphatic carbocycles. The molecule has 43 heavy (non-hydrogen) atoms. The fourth-order valence-electron chi connectivity index (χ4n) is 6.66. The normalized spacial score (nSPS) is 21.5. The quantitative estimate of drug-likeness (QED) is 0.267. The summed E-state index contributed by atoms with van der Waals surface area (Å²) in [6, 6.07) is 15.8. The Morgan fingerprint density at radius 3 is 2.42 bits per heavy atom. The van der Waals surface area contributed by atoms with E-state index in [9.17, 15) is 14.7 Å². The molecule has 2 heterocycles. The third-order valence-corrected chi connectivity index (χ3v) is 9.37. The molecule has 1 saturated carbocycles. The van der Waals surface area contributed by atoms with E-state index in [2.05, 4.69) is 24.0 Å². The van der Waals surface area contributed by atoms with E-state index >= 15 is 4.39 Å². The number of carboxylic acids is 1. The Labute approximate surface area is 261 Å². The number of carbonyl (C=O) groups is 2. The van der Waals surface area contributed by atoms with Crippen molar-refractivity contribution in [2.45, 2.75) is 51.6 Å². The van der Waals surface area contributed by atoms with Gasteiger partial charge in [0.1, 0.15) is 17.6 Å². The summed E-state index contributed by atoms with van der Waals surface area (Å²) in [5, 5.41) is 10.9. The van der Waals surface area contributed by atoms with E-state index in [-0.39, 0.29) is 22.8 Å². The Morgan fingerprint density at radius 2 is 1.74 bits per heavy atom. The van der Waals surface area contributed by atoms with Crippen LogP contribution in [0.25, 0.3) is 11.1 Å². The van der Waals surface area contributed by atoms with E-state index in [1.54, 1.807) is 12.1 Å². The number of likely N-dealkylation sites (tertiary alicyclic amines) is 2. The van der Waals surface area contributed by atoms with Crippen LogP contribution in [-0.4, -0.2) is 59.1 Å². The van der Waals surface area contributed by atoms with Crippen molar-refractivity contribution in [3.05, 3.63) is 87.2 Å². The molecule has 3 fully saturated rings. The SMILES string of the molecule is C[C@H]1CCN(C(=O)c2cc(C3CC3)c(OCC3(C)CN(Cc4ccccc4-c4cc(Cl)cc(Cl)c4)C3)cc2F)[C@@H]1C(=O)O. The van der Waals surface area contributed by atoms with Gasteiger partial charge in [0.05, 0.1) is 12.2 Å². The van der Waals surface area contributed by atoms with Gasteiger partial charge in [-0.1, -0.05) is 61.3 Å². The molecule has 3 aromatic carbocycles. The molecule has 9 heteroatoms. The predicted octanol–water partition coefficient (Wildman–Crippen LogP) is 7.51. The number of hydrogen-bond donors (Lipinski definition) is 1. The lowest BCUT2D eigenvalue weighted by Gasteiger charge is -2.48. The first-order valence-electron chi connectivity index (χ1n) is 14.8. The first kappa shape index (κ1) is 29.9. The molecule has 3 aromatic rings. The van der Waals surface area contributed by atoms with Crippen molar-refractivity contribution in [3.63, 3.8) is 0 Å². The number of carboxylic acid groups (broad SMARTS) is 1. The Kier molecular flexibility index (Phi) is 8.18. The number of amides is 1. The second kappa shape index (κ2) is 11.8. The predicted molar refractivity (Wildman–Crippen MR) is 165 cm³/mol. The summed E-state index contributed by atoms with van der Waals surface area (Å²) in [5.41, 5.74) is 3.90. The van der Waals surface area contributed by atoms with E-state index in [1.165, 1.54) is 16.5 Å². The van der Waals surface area contributed by atoms with Crippen molar-refractivity contribution in [3.8, 4) is 16.9 Å². The lowest BCUT2D eigenvalue weighted by atomic mass is 9.82. The van der Waals surface area contributed by atoms with Crippen LogP contribution in [-0.2, 0) is 11.3 Å². The first-order valence-corrected chi connectivity index (χ1v) is 15.5. The number of nitrogens with zero attached hydrogens (tertiary/aromatic N) is 2. The number of ether oxygens (including phenoxy) is 1. The highest BCUT2D eigenvalue weighted by atomic mass is 35.5. The Hall–Kier alpha value is -3.13. The summed E-state index contributed by atoms with van der Waals surface area (Å²) >= 11 is 12.5. The third kappa shape index (κ3) is 6.26. The van der Waals surface area contributed by atoms with Crippen molar-refractivity contribution in [1.29, 1.82) is 0 Å². The summed E-state index contributed by atoms with van der Waals surface area (Å²) in [6.45, 7) is 7.11. The Bertz CT molecular complexity index is 1550. The largest absolute Gasteiger partial charge is 0.493 e. The minimum Gasteiger partial charge on any atom is -0.493 e. The maximum Gasteiger partial charge on any atom is 0.326 e. The number of aliphatic carboxylic acids is 1. The standard InChI is InChI=1S/C34H35Cl2FN2O4/c1-20-9-10-39(31(20)33(41)42)32(40)28-14-27(21-7-8-21)30(15-29(28)37)43-19-34(2)17-38(18-34)16-22-5-3-4-6-26(22)23-11-24(35)13-25(36)12-23/h3-6,11-15,20-21,31H,7-10,16-19H2,1-2H3,(H,41,42)/t20-,31-/m0/s1. The van der Waals surface area contributed by atoms with Gasteiger partial charge in [-0.05, 0) is 77.6 Å². The smallest absolute Gasteiger partial charge is 0.326 e. The van der Waals surface area contributed by atoms with Crippen molar-refractivity contribution in [2.24, 2.45) is 11.3 Å². The van der Waals surface area contributed by atoms with Crippen LogP contribution < -0.4 is 4.74 Å². The van der Waals surface area contributed by atoms with Crippen LogP contribution in [0.3, 0.4) is 0 Å². The second-order valence-corrected chi connectivity index (χ2v) is 13.6. The van der Waals surface area contributed by atoms with Crippen molar-refractivity contribution < 1.29 is 23.8 Å². The zero-order valence-corrected chi connectivity index (χ0v) is 25.8. The average Bonchev–Trinajstić information content (AvgIpc) is 3.70. The highest BCUT2D eigenvalue weighted by Gasteiger charge is 2.42. The number of carbonyl (C=O) groups excluding carboxylic acids is 1. The first-order chi connectivity index (χ1) is 20.5. The molecule has 6 nitrogen and oxygen atoms in total. The molecule has 2 aliphatic heterocycles. The van der Waals surface area contributed by atoms with Gasteiger partial charge in [0, 0.05) is 47.7 Å². The molecule has 0 bridgehead atoms. The van der Waals surface area contributed by atoms with Crippen LogP contribution in [0.2, 0.25) is 10.0 Å². The van der Waals surface area contributed by atoms with Crippen LogP contribution in [0.4, 0.5) is 4.39 Å². The van der Waals surface area contributed by atoms with Crippen LogP contribution in [0.1, 0.15) is 60.5 Å². The molecule has 226 valence electrons. The fraction of sp³-hybridized carbons (Fsp3) is 0.412. The van der Waals surface area contributed by atoms with E-state index in [0.717, 1.165) is 49.2 Å². The molecule has 0 spiro atoms. The van der Waals surface area contributed by atoms with E-state index < -0.39 is 23.7 Å². The van der Waals surface area contributed by atoms with Gasteiger partial charge in [-0.2, -0.15) is 0 Å². The maximum atomic E-state index is 15.4. The molecule has 6 rings (SSSR count). The third-order valence-electron chi connectivity index (χ3n) is 8.93. The fourth-order valence-corrected chi connectivity index (χ4v) is 7.18. The molecule has 0 radical (unpaired) electrons. The molecule has 0 unspecified atom stereocenters. The van der Waals surface area contributed by atoms with Gasteiger partial charge < -0.3 is 14.7 Å². The number of halogens is 3. The second-order valence-electron chi connectivity index (χ2n) is 12.8. The van der Waals surface area contributed by atoms with Crippen LogP contribution in [0.5, 0.6) is 5.75 Å². The van der Waals surface area contributed by atoms with Gasteiger partial charge in [-0.25, -0.2) is 9.18 Å². The van der Waals surface area contributed by atoms with Gasteiger partial charge in [-0.3, -0.25) is 9.69 Å². The number of hydrogen-bond acceptors (Lipinski definition) is 4. The Morgan fingerprint density at radius 1 is 1.05 bits per heavy atom. The molecule has 2 saturated heterocycles. The van der Waals surface area contributed by atoms with E-state index in [1.807, 2.05) is 31.2 Å². The Balaban J connectivity index is 1.12. The van der Waals surface area contributed by atoms with Crippen molar-refractivity contribution in [2.75, 3.05) is 26.2 Å². The summed E-state index contributed by atoms with van der Waals surface area (Å²) in [5.74, 6) is -1.78. The summed E-state index contributed by atoms with van der Waals surface area (Å²) < 4.78 is 21.7. The van der Waals surface area contributed by atoms with Gasteiger partial charge in [0.25, 0.3) is 5.91 Å². The van der Waals surface area contributed by atoms with Crippen LogP contribution >= 0.6 is 23.2 Å². The molecule has 0 aromatic heterocycles. The zero-order valence-electron chi connectivity index (χ0n) is 24.3. The molecule has 3 aliphatic rings. The van der Waals surface area contributed by atoms with Gasteiger partial charge in [-0.15, -0.1) is 0 Å². The van der Waals surface area contributed by atoms with Crippen LogP contribution in [0.15, 0.2) is 54.6 Å². The van der Waals surface area contributed by atoms with Gasteiger partial charge in [0.15, 0.2) is 0 Å². The van der Waals surface area contributed by atoms with E-state index in [4.69, 9.17) is 27.9 Å². The van der Waals surface area contributed by atoms with Crippen molar-refractivity contribution in [1.82, 2.24) is 9.80 Å². The highest BCUT2D eigenvalue weighted by molar-refractivity contribution is 6.35. The van der Waals surface area contributed by atoms with Gasteiger partial charge >= 0.3 is 5.97 Å². The maximum absolute atomic E-state index is 15.4. The summed E-state index contributed by atoms with van der Waals surface area (Å²) in [6.07, 6.45) is 2.49. The lowest BCUT2D eigenvalue weighted by molar-refractivity contribution is -0.142. The molecular formula is C34H35Cl2FN2O4. The van der Waals surface area contributed by atoms with Crippen LogP contribution in [0, 0.1) is 17.2 Å². The van der Waals surface area contributed by atoms with E-state index in [0.29, 0.717) is 35.4 Å². The summed E-state index contributed by atoms with van der Waals surface area (Å²) in [7, 11) is 0. The molecular weight excluding hydrogens is 590 g/mol. The molecule has 1 amide bonds. The molecule has 1 N–H and O–H groups in total. The zero-order chi connectivity index (χ0) is 30.5. The monoisotopic (exact) mass is 624 g/mol. The summed E-state index contributed by atoms with van der Waals surface area (Å²) in [4.78, 5) is 28.8. The minimum atomic E-state index is -1.05. The molecule has 2 atom stereocenters. The minimum absolute atomic E-state index is 0.0738. The number of benzene rings is 3. The highest BCUT2D eigenvalue weighted by Crippen LogP contribution is 2.46. The van der Waals surface area contributed by atoms with Crippen molar-refractivity contribution >= 4 is 35.1 Å².